The van der Waals surface area contributed by atoms with Gasteiger partial charge in [-0.25, -0.2) is 0 Å². The molecule has 0 unspecified atom stereocenters. The highest BCUT2D eigenvalue weighted by atomic mass is 16.5. The Morgan fingerprint density at radius 1 is 0.741 bits per heavy atom. The van der Waals surface area contributed by atoms with Crippen LogP contribution in [-0.4, -0.2) is 13.2 Å². The molecule has 27 heavy (non-hydrogen) atoms. The lowest BCUT2D eigenvalue weighted by Crippen LogP contribution is -2.11. The molecule has 140 valence electrons. The normalized spacial score (nSPS) is 10.6. The molecular formula is C24H27NO2. The van der Waals surface area contributed by atoms with Gasteiger partial charge in [-0.15, -0.1) is 0 Å². The zero-order chi connectivity index (χ0) is 18.9. The van der Waals surface area contributed by atoms with Gasteiger partial charge in [-0.3, -0.25) is 0 Å². The van der Waals surface area contributed by atoms with E-state index in [0.29, 0.717) is 19.1 Å². The molecule has 0 heterocycles. The Hall–Kier alpha value is -2.94. The smallest absolute Gasteiger partial charge is 0.124 e. The molecule has 0 aliphatic rings. The van der Waals surface area contributed by atoms with E-state index in [-0.39, 0.29) is 0 Å². The highest BCUT2D eigenvalue weighted by Gasteiger charge is 2.07. The topological polar surface area (TPSA) is 30.5 Å². The van der Waals surface area contributed by atoms with Crippen LogP contribution in [-0.2, 0) is 6.54 Å². The summed E-state index contributed by atoms with van der Waals surface area (Å²) in [5.41, 5.74) is 3.64. The van der Waals surface area contributed by atoms with Crippen molar-refractivity contribution in [2.75, 3.05) is 18.5 Å². The van der Waals surface area contributed by atoms with E-state index >= 15 is 0 Å². The number of benzene rings is 3. The van der Waals surface area contributed by atoms with Crippen LogP contribution in [0.25, 0.3) is 0 Å². The van der Waals surface area contributed by atoms with E-state index < -0.39 is 0 Å². The standard InChI is InChI=1S/C24H27NO2/c1-19(2)22-13-7-8-14-23(22)25-18-20-10-6-9-15-24(20)27-17-16-26-21-11-4-3-5-12-21/h3-15,19,25H,16-18H2,1-2H3. The Morgan fingerprint density at radius 3 is 2.22 bits per heavy atom. The van der Waals surface area contributed by atoms with E-state index in [1.807, 2.05) is 48.5 Å². The molecule has 0 amide bonds. The first-order chi connectivity index (χ1) is 13.2. The number of hydrogen-bond acceptors (Lipinski definition) is 3. The van der Waals surface area contributed by atoms with Crippen LogP contribution in [0.2, 0.25) is 0 Å². The number of nitrogens with one attached hydrogen (secondary N) is 1. The molecular weight excluding hydrogens is 334 g/mol. The molecule has 0 bridgehead atoms. The fourth-order valence-corrected chi connectivity index (χ4v) is 2.97. The number of para-hydroxylation sites is 3. The maximum absolute atomic E-state index is 5.96. The second-order valence-electron chi connectivity index (χ2n) is 6.71. The third-order valence-electron chi connectivity index (χ3n) is 4.38. The summed E-state index contributed by atoms with van der Waals surface area (Å²) >= 11 is 0. The maximum atomic E-state index is 5.96. The molecule has 0 saturated carbocycles. The summed E-state index contributed by atoms with van der Waals surface area (Å²) in [5, 5.41) is 3.56. The number of hydrogen-bond donors (Lipinski definition) is 1. The SMILES string of the molecule is CC(C)c1ccccc1NCc1ccccc1OCCOc1ccccc1. The monoisotopic (exact) mass is 361 g/mol. The van der Waals surface area contributed by atoms with E-state index in [0.717, 1.165) is 23.6 Å². The Bertz CT molecular complexity index is 831. The predicted octanol–water partition coefficient (Wildman–Crippen LogP) is 5.88. The average molecular weight is 361 g/mol. The number of rotatable bonds is 9. The molecule has 0 atom stereocenters. The molecule has 3 rings (SSSR count). The van der Waals surface area contributed by atoms with Gasteiger partial charge in [-0.05, 0) is 35.7 Å². The van der Waals surface area contributed by atoms with E-state index in [1.165, 1.54) is 11.3 Å². The molecule has 1 N–H and O–H groups in total. The minimum Gasteiger partial charge on any atom is -0.490 e. The summed E-state index contributed by atoms with van der Waals surface area (Å²) in [4.78, 5) is 0. The van der Waals surface area contributed by atoms with E-state index in [9.17, 15) is 0 Å². The maximum Gasteiger partial charge on any atom is 0.124 e. The summed E-state index contributed by atoms with van der Waals surface area (Å²) in [6, 6.07) is 26.4. The summed E-state index contributed by atoms with van der Waals surface area (Å²) < 4.78 is 11.7. The summed E-state index contributed by atoms with van der Waals surface area (Å²) in [7, 11) is 0. The van der Waals surface area contributed by atoms with Gasteiger partial charge in [-0.1, -0.05) is 68.4 Å². The van der Waals surface area contributed by atoms with Crippen molar-refractivity contribution in [2.45, 2.75) is 26.3 Å². The fraction of sp³-hybridized carbons (Fsp3) is 0.250. The van der Waals surface area contributed by atoms with Crippen LogP contribution in [0.3, 0.4) is 0 Å². The Kier molecular flexibility index (Phi) is 6.75. The van der Waals surface area contributed by atoms with Crippen LogP contribution in [0.5, 0.6) is 11.5 Å². The van der Waals surface area contributed by atoms with Gasteiger partial charge in [0.2, 0.25) is 0 Å². The van der Waals surface area contributed by atoms with Gasteiger partial charge >= 0.3 is 0 Å². The van der Waals surface area contributed by atoms with Crippen molar-refractivity contribution in [3.8, 4) is 11.5 Å². The largest absolute Gasteiger partial charge is 0.490 e. The van der Waals surface area contributed by atoms with Crippen LogP contribution < -0.4 is 14.8 Å². The lowest BCUT2D eigenvalue weighted by molar-refractivity contribution is 0.216. The quantitative estimate of drug-likeness (QED) is 0.483. The van der Waals surface area contributed by atoms with Crippen molar-refractivity contribution in [3.63, 3.8) is 0 Å². The van der Waals surface area contributed by atoms with Crippen molar-refractivity contribution in [1.29, 1.82) is 0 Å². The lowest BCUT2D eigenvalue weighted by Gasteiger charge is -2.16. The molecule has 0 aliphatic carbocycles. The molecule has 0 aliphatic heterocycles. The molecule has 3 nitrogen and oxygen atoms in total. The molecule has 0 spiro atoms. The third-order valence-corrected chi connectivity index (χ3v) is 4.38. The Morgan fingerprint density at radius 2 is 1.41 bits per heavy atom. The fourth-order valence-electron chi connectivity index (χ4n) is 2.97. The van der Waals surface area contributed by atoms with Gasteiger partial charge in [0, 0.05) is 17.8 Å². The van der Waals surface area contributed by atoms with Gasteiger partial charge < -0.3 is 14.8 Å². The van der Waals surface area contributed by atoms with Crippen molar-refractivity contribution >= 4 is 5.69 Å². The second kappa shape index (κ2) is 9.67. The van der Waals surface area contributed by atoms with Crippen LogP contribution in [0.4, 0.5) is 5.69 Å². The van der Waals surface area contributed by atoms with Gasteiger partial charge in [0.15, 0.2) is 0 Å². The van der Waals surface area contributed by atoms with Crippen molar-refractivity contribution in [3.05, 3.63) is 90.0 Å². The summed E-state index contributed by atoms with van der Waals surface area (Å²) in [6.07, 6.45) is 0. The van der Waals surface area contributed by atoms with Crippen LogP contribution in [0.1, 0.15) is 30.9 Å². The lowest BCUT2D eigenvalue weighted by atomic mass is 10.0. The third kappa shape index (κ3) is 5.52. The highest BCUT2D eigenvalue weighted by Crippen LogP contribution is 2.25. The van der Waals surface area contributed by atoms with E-state index in [2.05, 4.69) is 49.5 Å². The minimum absolute atomic E-state index is 0.482. The van der Waals surface area contributed by atoms with Crippen LogP contribution in [0.15, 0.2) is 78.9 Å². The molecule has 3 aromatic rings. The second-order valence-corrected chi connectivity index (χ2v) is 6.71. The van der Waals surface area contributed by atoms with Crippen LogP contribution in [0, 0.1) is 0 Å². The first-order valence-corrected chi connectivity index (χ1v) is 9.45. The summed E-state index contributed by atoms with van der Waals surface area (Å²) in [5.74, 6) is 2.24. The molecule has 0 aromatic heterocycles. The molecule has 3 heteroatoms. The zero-order valence-electron chi connectivity index (χ0n) is 16.0. The van der Waals surface area contributed by atoms with E-state index in [1.54, 1.807) is 0 Å². The van der Waals surface area contributed by atoms with Gasteiger partial charge in [-0.2, -0.15) is 0 Å². The van der Waals surface area contributed by atoms with Crippen molar-refractivity contribution < 1.29 is 9.47 Å². The molecule has 0 radical (unpaired) electrons. The highest BCUT2D eigenvalue weighted by molar-refractivity contribution is 5.53. The average Bonchev–Trinajstić information content (AvgIpc) is 2.71. The van der Waals surface area contributed by atoms with Crippen molar-refractivity contribution in [2.24, 2.45) is 0 Å². The summed E-state index contributed by atoms with van der Waals surface area (Å²) in [6.45, 7) is 6.17. The molecule has 0 fully saturated rings. The number of anilines is 1. The van der Waals surface area contributed by atoms with E-state index in [4.69, 9.17) is 9.47 Å². The predicted molar refractivity (Wildman–Crippen MR) is 112 cm³/mol. The molecule has 3 aromatic carbocycles. The first-order valence-electron chi connectivity index (χ1n) is 9.45. The van der Waals surface area contributed by atoms with Gasteiger partial charge in [0.25, 0.3) is 0 Å². The Labute approximate surface area is 162 Å². The Balaban J connectivity index is 1.56. The molecule has 0 saturated heterocycles. The number of ether oxygens (including phenoxy) is 2. The minimum atomic E-state index is 0.482. The zero-order valence-corrected chi connectivity index (χ0v) is 16.0. The van der Waals surface area contributed by atoms with Crippen molar-refractivity contribution in [1.82, 2.24) is 0 Å². The van der Waals surface area contributed by atoms with Gasteiger partial charge in [0.05, 0.1) is 0 Å². The first kappa shape index (κ1) is 18.8. The van der Waals surface area contributed by atoms with Gasteiger partial charge in [0.1, 0.15) is 24.7 Å². The van der Waals surface area contributed by atoms with Crippen LogP contribution >= 0.6 is 0 Å².